The summed E-state index contributed by atoms with van der Waals surface area (Å²) >= 11 is 6.22. The normalized spacial score (nSPS) is 17.4. The Hall–Kier alpha value is -2.09. The number of nitrogens with one attached hydrogen (secondary N) is 1. The summed E-state index contributed by atoms with van der Waals surface area (Å²) in [4.78, 5) is 14.3. The second-order valence-electron chi connectivity index (χ2n) is 6.44. The first kappa shape index (κ1) is 18.7. The molecule has 8 heteroatoms. The largest absolute Gasteiger partial charge is 0.320 e. The third-order valence-electron chi connectivity index (χ3n) is 4.23. The first-order valence-electron chi connectivity index (χ1n) is 8.12. The Morgan fingerprint density at radius 3 is 2.81 bits per heavy atom. The van der Waals surface area contributed by atoms with Crippen molar-refractivity contribution < 1.29 is 13.2 Å². The molecule has 0 spiro atoms. The second kappa shape index (κ2) is 7.26. The molecule has 1 amide bonds. The number of hydrogen-bond donors (Lipinski definition) is 2. The average molecular weight is 394 g/mol. The number of sulfonamides is 1. The van der Waals surface area contributed by atoms with Gasteiger partial charge >= 0.3 is 0 Å². The van der Waals surface area contributed by atoms with E-state index in [-0.39, 0.29) is 12.3 Å². The summed E-state index contributed by atoms with van der Waals surface area (Å²) in [6.45, 7) is 0.539. The lowest BCUT2D eigenvalue weighted by Crippen LogP contribution is -2.42. The van der Waals surface area contributed by atoms with Crippen LogP contribution in [0.25, 0.3) is 0 Å². The number of amides is 1. The van der Waals surface area contributed by atoms with E-state index < -0.39 is 16.1 Å². The summed E-state index contributed by atoms with van der Waals surface area (Å²) in [7, 11) is -3.38. The van der Waals surface area contributed by atoms with Gasteiger partial charge in [0.05, 0.1) is 18.8 Å². The molecule has 1 atom stereocenters. The Morgan fingerprint density at radius 2 is 2.15 bits per heavy atom. The van der Waals surface area contributed by atoms with Crippen LogP contribution in [0, 0.1) is 0 Å². The van der Waals surface area contributed by atoms with Crippen LogP contribution in [0.3, 0.4) is 0 Å². The van der Waals surface area contributed by atoms with Gasteiger partial charge in [-0.1, -0.05) is 35.9 Å². The molecular formula is C18H20ClN3O3S. The van der Waals surface area contributed by atoms with E-state index in [1.165, 1.54) is 6.07 Å². The number of carbonyl (C=O) groups is 1. The standard InChI is InChI=1S/C18H20ClN3O3S/c1-26(24,25)21-15-7-6-12(16(19)9-15)8-17(20)18(23)22-10-13-4-2-3-5-14(13)11-22/h2-4,6-7,9,11,17,21H,5,8,10,20H2,1H3. The molecule has 0 fully saturated rings. The number of hydrogen-bond acceptors (Lipinski definition) is 4. The van der Waals surface area contributed by atoms with Crippen LogP contribution in [-0.4, -0.2) is 38.1 Å². The zero-order valence-electron chi connectivity index (χ0n) is 14.3. The monoisotopic (exact) mass is 393 g/mol. The Bertz CT molecular complexity index is 935. The minimum atomic E-state index is -3.38. The van der Waals surface area contributed by atoms with Crippen LogP contribution in [0.1, 0.15) is 12.0 Å². The molecule has 0 saturated heterocycles. The van der Waals surface area contributed by atoms with Crippen molar-refractivity contribution in [3.05, 3.63) is 64.4 Å². The Morgan fingerprint density at radius 1 is 1.38 bits per heavy atom. The minimum absolute atomic E-state index is 0.165. The van der Waals surface area contributed by atoms with Crippen LogP contribution in [0.4, 0.5) is 5.69 Å². The smallest absolute Gasteiger partial charge is 0.244 e. The van der Waals surface area contributed by atoms with Crippen LogP contribution in [0.2, 0.25) is 5.02 Å². The molecule has 1 aromatic rings. The van der Waals surface area contributed by atoms with Gasteiger partial charge in [-0.25, -0.2) is 8.42 Å². The van der Waals surface area contributed by atoms with E-state index in [0.717, 1.165) is 23.8 Å². The number of benzene rings is 1. The fraction of sp³-hybridized carbons (Fsp3) is 0.278. The third kappa shape index (κ3) is 4.35. The van der Waals surface area contributed by atoms with Gasteiger partial charge < -0.3 is 10.6 Å². The third-order valence-corrected chi connectivity index (χ3v) is 5.19. The molecule has 0 saturated carbocycles. The van der Waals surface area contributed by atoms with Crippen molar-refractivity contribution in [3.8, 4) is 0 Å². The lowest BCUT2D eigenvalue weighted by Gasteiger charge is -2.19. The number of rotatable bonds is 5. The van der Waals surface area contributed by atoms with E-state index >= 15 is 0 Å². The van der Waals surface area contributed by atoms with Crippen molar-refractivity contribution in [2.24, 2.45) is 5.73 Å². The highest BCUT2D eigenvalue weighted by Gasteiger charge is 2.27. The summed E-state index contributed by atoms with van der Waals surface area (Å²) < 4.78 is 24.9. The second-order valence-corrected chi connectivity index (χ2v) is 8.59. The molecule has 138 valence electrons. The molecule has 1 aliphatic heterocycles. The quantitative estimate of drug-likeness (QED) is 0.802. The Kier molecular flexibility index (Phi) is 5.22. The van der Waals surface area contributed by atoms with Crippen molar-refractivity contribution in [2.75, 3.05) is 17.5 Å². The topological polar surface area (TPSA) is 92.5 Å². The molecule has 0 radical (unpaired) electrons. The van der Waals surface area contributed by atoms with E-state index in [1.54, 1.807) is 17.0 Å². The Balaban J connectivity index is 1.67. The number of nitrogens with zero attached hydrogens (tertiary/aromatic N) is 1. The number of nitrogens with two attached hydrogens (primary N) is 1. The van der Waals surface area contributed by atoms with E-state index in [4.69, 9.17) is 17.3 Å². The van der Waals surface area contributed by atoms with Crippen molar-refractivity contribution in [2.45, 2.75) is 18.9 Å². The molecule has 26 heavy (non-hydrogen) atoms. The minimum Gasteiger partial charge on any atom is -0.320 e. The highest BCUT2D eigenvalue weighted by Crippen LogP contribution is 2.28. The van der Waals surface area contributed by atoms with Gasteiger partial charge in [0.1, 0.15) is 0 Å². The van der Waals surface area contributed by atoms with E-state index in [1.807, 2.05) is 18.4 Å². The lowest BCUT2D eigenvalue weighted by molar-refractivity contribution is -0.129. The number of fused-ring (bicyclic) bond motifs is 1. The van der Waals surface area contributed by atoms with Gasteiger partial charge in [0, 0.05) is 16.9 Å². The van der Waals surface area contributed by atoms with Crippen molar-refractivity contribution in [3.63, 3.8) is 0 Å². The molecule has 3 N–H and O–H groups in total. The summed E-state index contributed by atoms with van der Waals surface area (Å²) in [5.74, 6) is -0.165. The zero-order chi connectivity index (χ0) is 18.9. The molecular weight excluding hydrogens is 374 g/mol. The SMILES string of the molecule is CS(=O)(=O)Nc1ccc(CC(N)C(=O)N2C=C3CC=CC=C3C2)c(Cl)c1. The van der Waals surface area contributed by atoms with Gasteiger partial charge in [-0.3, -0.25) is 9.52 Å². The van der Waals surface area contributed by atoms with Gasteiger partial charge in [-0.15, -0.1) is 0 Å². The molecule has 1 unspecified atom stereocenters. The molecule has 1 aliphatic carbocycles. The maximum absolute atomic E-state index is 12.6. The maximum atomic E-state index is 12.6. The summed E-state index contributed by atoms with van der Waals surface area (Å²) in [6.07, 6.45) is 10.1. The molecule has 3 rings (SSSR count). The summed E-state index contributed by atoms with van der Waals surface area (Å²) in [5, 5.41) is 0.363. The predicted molar refractivity (Wildman–Crippen MR) is 103 cm³/mol. The molecule has 1 aromatic carbocycles. The highest BCUT2D eigenvalue weighted by molar-refractivity contribution is 7.92. The van der Waals surface area contributed by atoms with Crippen LogP contribution < -0.4 is 10.5 Å². The average Bonchev–Trinajstić information content (AvgIpc) is 2.99. The van der Waals surface area contributed by atoms with E-state index in [9.17, 15) is 13.2 Å². The predicted octanol–water partition coefficient (Wildman–Crippen LogP) is 2.19. The maximum Gasteiger partial charge on any atom is 0.244 e. The molecule has 1 heterocycles. The van der Waals surface area contributed by atoms with Gasteiger partial charge in [-0.05, 0) is 41.7 Å². The van der Waals surface area contributed by atoms with Crippen LogP contribution >= 0.6 is 11.6 Å². The van der Waals surface area contributed by atoms with Crippen molar-refractivity contribution in [1.82, 2.24) is 4.90 Å². The van der Waals surface area contributed by atoms with E-state index in [0.29, 0.717) is 22.8 Å². The first-order valence-corrected chi connectivity index (χ1v) is 10.4. The number of anilines is 1. The van der Waals surface area contributed by atoms with Gasteiger partial charge in [0.25, 0.3) is 0 Å². The lowest BCUT2D eigenvalue weighted by atomic mass is 10.0. The highest BCUT2D eigenvalue weighted by atomic mass is 35.5. The number of carbonyl (C=O) groups excluding carboxylic acids is 1. The van der Waals surface area contributed by atoms with Gasteiger partial charge in [0.15, 0.2) is 0 Å². The van der Waals surface area contributed by atoms with Crippen LogP contribution in [0.5, 0.6) is 0 Å². The van der Waals surface area contributed by atoms with Gasteiger partial charge in [-0.2, -0.15) is 0 Å². The molecule has 0 aromatic heterocycles. The molecule has 0 bridgehead atoms. The zero-order valence-corrected chi connectivity index (χ0v) is 15.8. The van der Waals surface area contributed by atoms with Gasteiger partial charge in [0.2, 0.25) is 15.9 Å². The fourth-order valence-electron chi connectivity index (χ4n) is 2.99. The van der Waals surface area contributed by atoms with Crippen LogP contribution in [0.15, 0.2) is 53.8 Å². The van der Waals surface area contributed by atoms with E-state index in [2.05, 4.69) is 10.8 Å². The number of halogens is 1. The van der Waals surface area contributed by atoms with Crippen molar-refractivity contribution in [1.29, 1.82) is 0 Å². The summed E-state index contributed by atoms with van der Waals surface area (Å²) in [5.41, 5.74) is 9.44. The molecule has 6 nitrogen and oxygen atoms in total. The fourth-order valence-corrected chi connectivity index (χ4v) is 3.81. The summed E-state index contributed by atoms with van der Waals surface area (Å²) in [6, 6.07) is 4.06. The number of allylic oxidation sites excluding steroid dienone is 3. The Labute approximate surface area is 158 Å². The molecule has 2 aliphatic rings. The van der Waals surface area contributed by atoms with Crippen molar-refractivity contribution >= 4 is 33.2 Å². The van der Waals surface area contributed by atoms with Crippen LogP contribution in [-0.2, 0) is 21.2 Å². The first-order chi connectivity index (χ1) is 12.2.